The van der Waals surface area contributed by atoms with Gasteiger partial charge in [0.15, 0.2) is 5.17 Å². The molecule has 0 bridgehead atoms. The molecule has 2 aromatic rings. The highest BCUT2D eigenvalue weighted by molar-refractivity contribution is 8.14. The Morgan fingerprint density at radius 3 is 2.67 bits per heavy atom. The van der Waals surface area contributed by atoms with Crippen molar-refractivity contribution in [2.75, 3.05) is 11.1 Å². The molecule has 0 fully saturated rings. The second-order valence-electron chi connectivity index (χ2n) is 7.84. The van der Waals surface area contributed by atoms with Crippen molar-refractivity contribution in [2.45, 2.75) is 33.2 Å². The Balaban J connectivity index is 1.55. The van der Waals surface area contributed by atoms with E-state index in [2.05, 4.69) is 24.2 Å². The summed E-state index contributed by atoms with van der Waals surface area (Å²) < 4.78 is 0. The lowest BCUT2D eigenvalue weighted by Crippen LogP contribution is -2.41. The molecule has 0 saturated heterocycles. The molecule has 6 nitrogen and oxygen atoms in total. The summed E-state index contributed by atoms with van der Waals surface area (Å²) in [5, 5.41) is 3.43. The minimum Gasteiger partial charge on any atom is -0.325 e. The maximum Gasteiger partial charge on any atom is 0.259 e. The number of fused-ring (bicyclic) bond motifs is 3. The molecular weight excluding hydrogens is 396 g/mol. The minimum absolute atomic E-state index is 0.0706. The summed E-state index contributed by atoms with van der Waals surface area (Å²) in [5.74, 6) is 0.936. The van der Waals surface area contributed by atoms with Crippen LogP contribution < -0.4 is 5.32 Å². The van der Waals surface area contributed by atoms with E-state index in [1.807, 2.05) is 55.5 Å². The third kappa shape index (κ3) is 4.03. The van der Waals surface area contributed by atoms with Gasteiger partial charge in [-0.25, -0.2) is 9.89 Å². The predicted molar refractivity (Wildman–Crippen MR) is 122 cm³/mol. The topological polar surface area (TPSA) is 74.1 Å². The van der Waals surface area contributed by atoms with E-state index in [4.69, 9.17) is 4.99 Å². The summed E-state index contributed by atoms with van der Waals surface area (Å²) in [6.45, 7) is 6.11. The minimum atomic E-state index is -0.405. The Kier molecular flexibility index (Phi) is 5.72. The van der Waals surface area contributed by atoms with E-state index in [1.54, 1.807) is 4.90 Å². The Hall–Kier alpha value is -2.93. The van der Waals surface area contributed by atoms with Crippen LogP contribution >= 0.6 is 11.8 Å². The number of para-hydroxylation sites is 2. The Morgan fingerprint density at radius 1 is 1.17 bits per heavy atom. The maximum atomic E-state index is 13.1. The van der Waals surface area contributed by atoms with E-state index in [1.165, 1.54) is 11.8 Å². The number of aryl methyl sites for hydroxylation is 1. The van der Waals surface area contributed by atoms with Crippen LogP contribution in [0.4, 0.5) is 11.4 Å². The fraction of sp³-hybridized carbons (Fsp3) is 0.304. The molecule has 0 aromatic heterocycles. The van der Waals surface area contributed by atoms with Gasteiger partial charge in [0.2, 0.25) is 5.91 Å². The van der Waals surface area contributed by atoms with Crippen molar-refractivity contribution in [3.63, 3.8) is 0 Å². The largest absolute Gasteiger partial charge is 0.325 e. The second kappa shape index (κ2) is 8.44. The van der Waals surface area contributed by atoms with Crippen molar-refractivity contribution in [3.8, 4) is 0 Å². The standard InChI is InChI=1S/C23H24N4O2S/c1-14(2)12-19-22(29)27-21(25-19)16-9-5-7-11-18(16)26-23(27)30-13-20(28)24-17-10-6-4-8-15(17)3/h4-11,14,19H,12-13H2,1-3H3,(H,24,28)/t19-/m0/s1. The van der Waals surface area contributed by atoms with Crippen LogP contribution in [0, 0.1) is 12.8 Å². The van der Waals surface area contributed by atoms with Crippen molar-refractivity contribution in [3.05, 3.63) is 59.7 Å². The van der Waals surface area contributed by atoms with E-state index >= 15 is 0 Å². The van der Waals surface area contributed by atoms with Crippen LogP contribution in [0.15, 0.2) is 58.5 Å². The number of anilines is 1. The van der Waals surface area contributed by atoms with E-state index in [0.29, 0.717) is 23.3 Å². The number of aliphatic imine (C=N–C) groups is 2. The SMILES string of the molecule is Cc1ccccc1NC(=O)CSC1=Nc2ccccc2C2=N[C@@H](CC(C)C)C(=O)N12. The molecule has 2 aliphatic rings. The molecule has 2 aliphatic heterocycles. The molecule has 2 heterocycles. The molecule has 0 radical (unpaired) electrons. The van der Waals surface area contributed by atoms with E-state index < -0.39 is 6.04 Å². The van der Waals surface area contributed by atoms with Gasteiger partial charge in [0, 0.05) is 11.3 Å². The molecule has 0 spiro atoms. The molecule has 2 aromatic carbocycles. The van der Waals surface area contributed by atoms with E-state index in [0.717, 1.165) is 22.5 Å². The van der Waals surface area contributed by atoms with Crippen molar-refractivity contribution in [1.29, 1.82) is 0 Å². The molecule has 30 heavy (non-hydrogen) atoms. The zero-order chi connectivity index (χ0) is 21.3. The molecule has 7 heteroatoms. The van der Waals surface area contributed by atoms with Crippen molar-refractivity contribution in [2.24, 2.45) is 15.9 Å². The first-order chi connectivity index (χ1) is 14.4. The third-order valence-electron chi connectivity index (χ3n) is 4.99. The first-order valence-corrected chi connectivity index (χ1v) is 11.0. The number of amidine groups is 2. The number of hydrogen-bond acceptors (Lipinski definition) is 5. The molecule has 0 saturated carbocycles. The number of hydrogen-bond donors (Lipinski definition) is 1. The van der Waals surface area contributed by atoms with Crippen molar-refractivity contribution >= 4 is 46.0 Å². The first-order valence-electron chi connectivity index (χ1n) is 10.0. The highest BCUT2D eigenvalue weighted by atomic mass is 32.2. The van der Waals surface area contributed by atoms with Gasteiger partial charge in [-0.3, -0.25) is 14.6 Å². The van der Waals surface area contributed by atoms with Crippen LogP contribution in [0.3, 0.4) is 0 Å². The average Bonchev–Trinajstić information content (AvgIpc) is 3.04. The number of thioether (sulfide) groups is 1. The lowest BCUT2D eigenvalue weighted by molar-refractivity contribution is -0.125. The molecule has 1 atom stereocenters. The van der Waals surface area contributed by atoms with Crippen molar-refractivity contribution < 1.29 is 9.59 Å². The second-order valence-corrected chi connectivity index (χ2v) is 8.78. The number of nitrogens with one attached hydrogen (secondary N) is 1. The van der Waals surface area contributed by atoms with E-state index in [9.17, 15) is 9.59 Å². The quantitative estimate of drug-likeness (QED) is 0.780. The Morgan fingerprint density at radius 2 is 1.90 bits per heavy atom. The fourth-order valence-electron chi connectivity index (χ4n) is 3.53. The predicted octanol–water partition coefficient (Wildman–Crippen LogP) is 4.37. The third-order valence-corrected chi connectivity index (χ3v) is 5.93. The van der Waals surface area contributed by atoms with Gasteiger partial charge in [-0.15, -0.1) is 0 Å². The van der Waals surface area contributed by atoms with Crippen LogP contribution in [0.25, 0.3) is 0 Å². The lowest BCUT2D eigenvalue weighted by Gasteiger charge is -2.25. The normalized spacial score (nSPS) is 17.4. The zero-order valence-electron chi connectivity index (χ0n) is 17.3. The average molecular weight is 421 g/mol. The lowest BCUT2D eigenvalue weighted by atomic mass is 10.0. The van der Waals surface area contributed by atoms with Crippen LogP contribution in [0.1, 0.15) is 31.4 Å². The number of benzene rings is 2. The molecular formula is C23H24N4O2S. The summed E-state index contributed by atoms with van der Waals surface area (Å²) in [5.41, 5.74) is 3.41. The number of nitrogens with zero attached hydrogens (tertiary/aromatic N) is 3. The summed E-state index contributed by atoms with van der Waals surface area (Å²) >= 11 is 1.26. The fourth-order valence-corrected chi connectivity index (χ4v) is 4.33. The summed E-state index contributed by atoms with van der Waals surface area (Å²) in [7, 11) is 0. The smallest absolute Gasteiger partial charge is 0.259 e. The number of carbonyl (C=O) groups excluding carboxylic acids is 2. The molecule has 1 N–H and O–H groups in total. The monoisotopic (exact) mass is 420 g/mol. The van der Waals surface area contributed by atoms with Gasteiger partial charge < -0.3 is 5.32 Å². The molecule has 0 unspecified atom stereocenters. The van der Waals surface area contributed by atoms with Gasteiger partial charge in [-0.1, -0.05) is 55.9 Å². The van der Waals surface area contributed by atoms with Crippen molar-refractivity contribution in [1.82, 2.24) is 4.90 Å². The van der Waals surface area contributed by atoms with Gasteiger partial charge in [-0.2, -0.15) is 0 Å². The number of rotatable bonds is 5. The molecule has 154 valence electrons. The van der Waals surface area contributed by atoms with Gasteiger partial charge in [0.05, 0.1) is 11.4 Å². The summed E-state index contributed by atoms with van der Waals surface area (Å²) in [6, 6.07) is 14.9. The summed E-state index contributed by atoms with van der Waals surface area (Å²) in [4.78, 5) is 36.6. The van der Waals surface area contributed by atoms with Crippen LogP contribution in [0.2, 0.25) is 0 Å². The molecule has 4 rings (SSSR count). The maximum absolute atomic E-state index is 13.1. The summed E-state index contributed by atoms with van der Waals surface area (Å²) in [6.07, 6.45) is 0.687. The number of carbonyl (C=O) groups is 2. The first kappa shape index (κ1) is 20.3. The van der Waals surface area contributed by atoms with Gasteiger partial charge >= 0.3 is 0 Å². The van der Waals surface area contributed by atoms with Crippen LogP contribution in [-0.4, -0.2) is 39.5 Å². The molecule has 2 amide bonds. The Labute approximate surface area is 180 Å². The number of amides is 2. The highest BCUT2D eigenvalue weighted by Gasteiger charge is 2.41. The Bertz CT molecular complexity index is 1060. The van der Waals surface area contributed by atoms with E-state index in [-0.39, 0.29) is 17.6 Å². The zero-order valence-corrected chi connectivity index (χ0v) is 18.1. The van der Waals surface area contributed by atoms with Gasteiger partial charge in [0.25, 0.3) is 5.91 Å². The van der Waals surface area contributed by atoms with Gasteiger partial charge in [-0.05, 0) is 43.0 Å². The van der Waals surface area contributed by atoms with Gasteiger partial charge in [0.1, 0.15) is 11.9 Å². The van der Waals surface area contributed by atoms with Crippen LogP contribution in [0.5, 0.6) is 0 Å². The van der Waals surface area contributed by atoms with Crippen LogP contribution in [-0.2, 0) is 9.59 Å². The highest BCUT2D eigenvalue weighted by Crippen LogP contribution is 2.34. The molecule has 0 aliphatic carbocycles.